The molecule has 1 aromatic heterocycles. The molecule has 17 heavy (non-hydrogen) atoms. The molecule has 1 aliphatic rings. The van der Waals surface area contributed by atoms with Gasteiger partial charge in [0.2, 0.25) is 0 Å². The normalized spacial score (nSPS) is 13.7. The molecule has 0 atom stereocenters. The molecule has 0 unspecified atom stereocenters. The highest BCUT2D eigenvalue weighted by atomic mass is 35.5. The van der Waals surface area contributed by atoms with E-state index in [-0.39, 0.29) is 5.97 Å². The third-order valence-corrected chi connectivity index (χ3v) is 2.84. The minimum atomic E-state index is -0.348. The van der Waals surface area contributed by atoms with Crippen LogP contribution in [0.3, 0.4) is 0 Å². The van der Waals surface area contributed by atoms with Gasteiger partial charge in [0, 0.05) is 11.6 Å². The van der Waals surface area contributed by atoms with Crippen LogP contribution in [-0.2, 0) is 4.74 Å². The van der Waals surface area contributed by atoms with Crippen molar-refractivity contribution in [3.63, 3.8) is 0 Å². The van der Waals surface area contributed by atoms with Crippen LogP contribution in [0.2, 0.25) is 5.15 Å². The SMILES string of the molecule is CC.COC(=O)c1cc(Cl)nc(C2CC2)c1C. The first-order valence-corrected chi connectivity index (χ1v) is 6.26. The molecule has 0 aromatic carbocycles. The largest absolute Gasteiger partial charge is 0.465 e. The molecule has 0 radical (unpaired) electrons. The second-order valence-electron chi connectivity index (χ2n) is 3.77. The Kier molecular flexibility index (Phi) is 4.94. The molecule has 1 aliphatic carbocycles. The predicted molar refractivity (Wildman–Crippen MR) is 68.6 cm³/mol. The highest BCUT2D eigenvalue weighted by Gasteiger charge is 2.29. The van der Waals surface area contributed by atoms with Gasteiger partial charge in [-0.3, -0.25) is 0 Å². The molecule has 1 aromatic rings. The number of hydrogen-bond acceptors (Lipinski definition) is 3. The first-order chi connectivity index (χ1) is 8.13. The molecule has 4 heteroatoms. The molecule has 0 amide bonds. The number of nitrogens with zero attached hydrogens (tertiary/aromatic N) is 1. The van der Waals surface area contributed by atoms with Crippen LogP contribution in [0, 0.1) is 6.92 Å². The zero-order valence-electron chi connectivity index (χ0n) is 10.7. The highest BCUT2D eigenvalue weighted by molar-refractivity contribution is 6.29. The van der Waals surface area contributed by atoms with E-state index >= 15 is 0 Å². The fourth-order valence-corrected chi connectivity index (χ4v) is 1.87. The number of pyridine rings is 1. The summed E-state index contributed by atoms with van der Waals surface area (Å²) in [5, 5.41) is 0.364. The monoisotopic (exact) mass is 255 g/mol. The lowest BCUT2D eigenvalue weighted by Gasteiger charge is -2.08. The Morgan fingerprint density at radius 2 is 2.06 bits per heavy atom. The standard InChI is InChI=1S/C11H12ClNO2.C2H6/c1-6-8(11(14)15-2)5-9(12)13-10(6)7-3-4-7;1-2/h5,7H,3-4H2,1-2H3;1-2H3. The molecular weight excluding hydrogens is 238 g/mol. The van der Waals surface area contributed by atoms with Crippen LogP contribution in [0.15, 0.2) is 6.07 Å². The topological polar surface area (TPSA) is 39.2 Å². The van der Waals surface area contributed by atoms with Crippen molar-refractivity contribution in [3.8, 4) is 0 Å². The summed E-state index contributed by atoms with van der Waals surface area (Å²) < 4.78 is 4.70. The van der Waals surface area contributed by atoms with Crippen LogP contribution in [0.4, 0.5) is 0 Å². The molecule has 0 spiro atoms. The molecule has 0 aliphatic heterocycles. The maximum atomic E-state index is 11.5. The summed E-state index contributed by atoms with van der Waals surface area (Å²) in [6.07, 6.45) is 2.27. The van der Waals surface area contributed by atoms with Crippen molar-refractivity contribution in [2.75, 3.05) is 7.11 Å². The van der Waals surface area contributed by atoms with E-state index < -0.39 is 0 Å². The number of halogens is 1. The summed E-state index contributed by atoms with van der Waals surface area (Å²) in [6.45, 7) is 5.89. The van der Waals surface area contributed by atoms with E-state index in [1.54, 1.807) is 6.07 Å². The number of rotatable bonds is 2. The minimum Gasteiger partial charge on any atom is -0.465 e. The first kappa shape index (κ1) is 14.0. The molecule has 0 N–H and O–H groups in total. The number of aromatic nitrogens is 1. The lowest BCUT2D eigenvalue weighted by atomic mass is 10.1. The van der Waals surface area contributed by atoms with E-state index in [9.17, 15) is 4.79 Å². The van der Waals surface area contributed by atoms with Gasteiger partial charge in [0.05, 0.1) is 12.7 Å². The maximum Gasteiger partial charge on any atom is 0.338 e. The van der Waals surface area contributed by atoms with Gasteiger partial charge >= 0.3 is 5.97 Å². The van der Waals surface area contributed by atoms with Gasteiger partial charge in [-0.2, -0.15) is 0 Å². The summed E-state index contributed by atoms with van der Waals surface area (Å²) in [4.78, 5) is 15.7. The number of carbonyl (C=O) groups is 1. The van der Waals surface area contributed by atoms with E-state index in [0.717, 1.165) is 24.1 Å². The van der Waals surface area contributed by atoms with Crippen molar-refractivity contribution < 1.29 is 9.53 Å². The molecule has 0 bridgehead atoms. The number of hydrogen-bond donors (Lipinski definition) is 0. The lowest BCUT2D eigenvalue weighted by Crippen LogP contribution is -2.07. The van der Waals surface area contributed by atoms with Crippen molar-refractivity contribution in [2.24, 2.45) is 0 Å². The van der Waals surface area contributed by atoms with E-state index in [1.165, 1.54) is 7.11 Å². The Bertz CT molecular complexity index is 414. The molecule has 3 nitrogen and oxygen atoms in total. The second-order valence-corrected chi connectivity index (χ2v) is 4.16. The minimum absolute atomic E-state index is 0.348. The van der Waals surface area contributed by atoms with Crippen LogP contribution < -0.4 is 0 Å². The number of methoxy groups -OCH3 is 1. The van der Waals surface area contributed by atoms with Gasteiger partial charge in [-0.15, -0.1) is 0 Å². The van der Waals surface area contributed by atoms with Crippen LogP contribution in [-0.4, -0.2) is 18.1 Å². The van der Waals surface area contributed by atoms with Gasteiger partial charge in [0.15, 0.2) is 0 Å². The quantitative estimate of drug-likeness (QED) is 0.597. The van der Waals surface area contributed by atoms with E-state index in [2.05, 4.69) is 4.98 Å². The Balaban J connectivity index is 0.000000686. The van der Waals surface area contributed by atoms with Crippen LogP contribution >= 0.6 is 11.6 Å². The summed E-state index contributed by atoms with van der Waals surface area (Å²) >= 11 is 5.88. The zero-order valence-corrected chi connectivity index (χ0v) is 11.5. The van der Waals surface area contributed by atoms with Crippen molar-refractivity contribution in [2.45, 2.75) is 39.5 Å². The highest BCUT2D eigenvalue weighted by Crippen LogP contribution is 2.41. The fraction of sp³-hybridized carbons (Fsp3) is 0.538. The van der Waals surface area contributed by atoms with Gasteiger partial charge in [-0.25, -0.2) is 9.78 Å². The van der Waals surface area contributed by atoms with E-state index in [4.69, 9.17) is 16.3 Å². The van der Waals surface area contributed by atoms with E-state index in [0.29, 0.717) is 16.6 Å². The van der Waals surface area contributed by atoms with Gasteiger partial charge in [-0.1, -0.05) is 25.4 Å². The molecule has 94 valence electrons. The maximum absolute atomic E-state index is 11.5. The Labute approximate surface area is 107 Å². The molecule has 1 saturated carbocycles. The third kappa shape index (κ3) is 3.19. The van der Waals surface area contributed by atoms with Crippen LogP contribution in [0.5, 0.6) is 0 Å². The smallest absolute Gasteiger partial charge is 0.338 e. The first-order valence-electron chi connectivity index (χ1n) is 5.89. The average Bonchev–Trinajstić information content (AvgIpc) is 3.17. The molecule has 2 rings (SSSR count). The molecule has 1 heterocycles. The number of ether oxygens (including phenoxy) is 1. The number of esters is 1. The molecule has 1 fully saturated rings. The predicted octanol–water partition coefficient (Wildman–Crippen LogP) is 3.73. The van der Waals surface area contributed by atoms with Crippen molar-refractivity contribution in [3.05, 3.63) is 28.0 Å². The third-order valence-electron chi connectivity index (χ3n) is 2.65. The van der Waals surface area contributed by atoms with Gasteiger partial charge in [0.1, 0.15) is 5.15 Å². The summed E-state index contributed by atoms with van der Waals surface area (Å²) in [5.74, 6) is 0.130. The summed E-state index contributed by atoms with van der Waals surface area (Å²) in [7, 11) is 1.37. The van der Waals surface area contributed by atoms with Crippen LogP contribution in [0.1, 0.15) is 54.2 Å². The summed E-state index contributed by atoms with van der Waals surface area (Å²) in [5.41, 5.74) is 2.37. The molecular formula is C13H18ClNO2. The Morgan fingerprint density at radius 1 is 1.47 bits per heavy atom. The average molecular weight is 256 g/mol. The van der Waals surface area contributed by atoms with Crippen molar-refractivity contribution in [1.29, 1.82) is 0 Å². The summed E-state index contributed by atoms with van der Waals surface area (Å²) in [6, 6.07) is 1.56. The van der Waals surface area contributed by atoms with Gasteiger partial charge < -0.3 is 4.74 Å². The van der Waals surface area contributed by atoms with Crippen LogP contribution in [0.25, 0.3) is 0 Å². The fourth-order valence-electron chi connectivity index (χ4n) is 1.67. The Morgan fingerprint density at radius 3 is 2.53 bits per heavy atom. The van der Waals surface area contributed by atoms with Gasteiger partial charge in [-0.05, 0) is 31.4 Å². The van der Waals surface area contributed by atoms with Gasteiger partial charge in [0.25, 0.3) is 0 Å². The van der Waals surface area contributed by atoms with Crippen molar-refractivity contribution >= 4 is 17.6 Å². The zero-order chi connectivity index (χ0) is 13.0. The lowest BCUT2D eigenvalue weighted by molar-refractivity contribution is 0.0599. The molecule has 0 saturated heterocycles. The van der Waals surface area contributed by atoms with E-state index in [1.807, 2.05) is 20.8 Å². The number of carbonyl (C=O) groups excluding carboxylic acids is 1. The van der Waals surface area contributed by atoms with Crippen molar-refractivity contribution in [1.82, 2.24) is 4.98 Å². The second kappa shape index (κ2) is 6.01. The Hall–Kier alpha value is -1.09.